The van der Waals surface area contributed by atoms with Crippen molar-refractivity contribution < 1.29 is 17.9 Å². The van der Waals surface area contributed by atoms with Crippen LogP contribution in [0.4, 0.5) is 4.39 Å². The summed E-state index contributed by atoms with van der Waals surface area (Å²) < 4.78 is 40.2. The third-order valence-corrected chi connectivity index (χ3v) is 5.98. The lowest BCUT2D eigenvalue weighted by molar-refractivity contribution is 0.142. The van der Waals surface area contributed by atoms with Crippen LogP contribution in [0.25, 0.3) is 0 Å². The molecular formula is C16H17FN2O3S. The number of hydrogen-bond donors (Lipinski definition) is 1. The second-order valence-electron chi connectivity index (χ2n) is 5.56. The molecule has 0 radical (unpaired) electrons. The van der Waals surface area contributed by atoms with Crippen LogP contribution >= 0.6 is 0 Å². The zero-order chi connectivity index (χ0) is 16.4. The molecule has 3 rings (SSSR count). The van der Waals surface area contributed by atoms with Crippen molar-refractivity contribution in [2.75, 3.05) is 6.54 Å². The normalized spacial score (nSPS) is 22.3. The SMILES string of the molecule is O=S(=O)(c1cccc(F)c1)N1CC[C@@H](O)[C@H]1Cc1ccncc1. The molecule has 0 amide bonds. The topological polar surface area (TPSA) is 70.5 Å². The molecule has 1 aliphatic rings. The van der Waals surface area contributed by atoms with Crippen LogP contribution in [0.3, 0.4) is 0 Å². The Morgan fingerprint density at radius 2 is 2.00 bits per heavy atom. The molecule has 1 aromatic heterocycles. The van der Waals surface area contributed by atoms with Crippen molar-refractivity contribution in [3.8, 4) is 0 Å². The Morgan fingerprint density at radius 3 is 2.70 bits per heavy atom. The highest BCUT2D eigenvalue weighted by Gasteiger charge is 2.40. The molecule has 23 heavy (non-hydrogen) atoms. The minimum absolute atomic E-state index is 0.0914. The third-order valence-electron chi connectivity index (χ3n) is 4.06. The first-order valence-electron chi connectivity index (χ1n) is 7.33. The number of nitrogens with zero attached hydrogens (tertiary/aromatic N) is 2. The van der Waals surface area contributed by atoms with Crippen molar-refractivity contribution >= 4 is 10.0 Å². The van der Waals surface area contributed by atoms with Crippen molar-refractivity contribution in [3.05, 3.63) is 60.2 Å². The smallest absolute Gasteiger partial charge is 0.243 e. The minimum atomic E-state index is -3.85. The molecule has 2 heterocycles. The lowest BCUT2D eigenvalue weighted by Crippen LogP contribution is -2.41. The van der Waals surface area contributed by atoms with E-state index >= 15 is 0 Å². The highest BCUT2D eigenvalue weighted by Crippen LogP contribution is 2.28. The van der Waals surface area contributed by atoms with E-state index in [1.807, 2.05) is 0 Å². The first kappa shape index (κ1) is 16.0. The summed E-state index contributed by atoms with van der Waals surface area (Å²) in [6.45, 7) is 0.218. The van der Waals surface area contributed by atoms with Gasteiger partial charge >= 0.3 is 0 Å². The second kappa shape index (κ2) is 6.35. The number of aliphatic hydroxyl groups excluding tert-OH is 1. The van der Waals surface area contributed by atoms with E-state index in [-0.39, 0.29) is 11.4 Å². The van der Waals surface area contributed by atoms with Crippen LogP contribution in [-0.4, -0.2) is 41.5 Å². The lowest BCUT2D eigenvalue weighted by atomic mass is 10.0. The fourth-order valence-electron chi connectivity index (χ4n) is 2.87. The Bertz CT molecular complexity index is 783. The molecule has 0 saturated carbocycles. The van der Waals surface area contributed by atoms with E-state index in [9.17, 15) is 17.9 Å². The molecule has 5 nitrogen and oxygen atoms in total. The van der Waals surface area contributed by atoms with Gasteiger partial charge in [0, 0.05) is 18.9 Å². The summed E-state index contributed by atoms with van der Waals surface area (Å²) in [5.41, 5.74) is 0.894. The summed E-state index contributed by atoms with van der Waals surface area (Å²) in [7, 11) is -3.85. The fraction of sp³-hybridized carbons (Fsp3) is 0.312. The van der Waals surface area contributed by atoms with Crippen molar-refractivity contribution in [2.45, 2.75) is 29.9 Å². The van der Waals surface area contributed by atoms with Gasteiger partial charge in [-0.05, 0) is 48.7 Å². The summed E-state index contributed by atoms with van der Waals surface area (Å²) in [6.07, 6.45) is 3.26. The minimum Gasteiger partial charge on any atom is -0.391 e. The summed E-state index contributed by atoms with van der Waals surface area (Å²) in [5.74, 6) is -0.600. The molecule has 0 spiro atoms. The third kappa shape index (κ3) is 3.26. The van der Waals surface area contributed by atoms with Gasteiger partial charge in [0.2, 0.25) is 10.0 Å². The van der Waals surface area contributed by atoms with E-state index in [0.717, 1.165) is 11.6 Å². The van der Waals surface area contributed by atoms with E-state index in [0.29, 0.717) is 12.8 Å². The highest BCUT2D eigenvalue weighted by molar-refractivity contribution is 7.89. The van der Waals surface area contributed by atoms with Crippen molar-refractivity contribution in [1.29, 1.82) is 0 Å². The van der Waals surface area contributed by atoms with Gasteiger partial charge in [-0.1, -0.05) is 6.07 Å². The highest BCUT2D eigenvalue weighted by atomic mass is 32.2. The van der Waals surface area contributed by atoms with Crippen LogP contribution in [-0.2, 0) is 16.4 Å². The van der Waals surface area contributed by atoms with Gasteiger partial charge in [-0.3, -0.25) is 4.98 Å². The Hall–Kier alpha value is -1.83. The number of hydrogen-bond acceptors (Lipinski definition) is 4. The molecule has 1 aromatic carbocycles. The van der Waals surface area contributed by atoms with Crippen molar-refractivity contribution in [1.82, 2.24) is 9.29 Å². The Balaban J connectivity index is 1.91. The second-order valence-corrected chi connectivity index (χ2v) is 7.45. The molecule has 1 N–H and O–H groups in total. The lowest BCUT2D eigenvalue weighted by Gasteiger charge is -2.25. The van der Waals surface area contributed by atoms with E-state index in [2.05, 4.69) is 4.98 Å². The predicted octanol–water partition coefficient (Wildman–Crippen LogP) is 1.59. The van der Waals surface area contributed by atoms with Gasteiger partial charge < -0.3 is 5.11 Å². The molecule has 2 aromatic rings. The van der Waals surface area contributed by atoms with Crippen LogP contribution in [0.1, 0.15) is 12.0 Å². The summed E-state index contributed by atoms with van der Waals surface area (Å²) in [5, 5.41) is 10.2. The molecule has 122 valence electrons. The number of halogens is 1. The zero-order valence-electron chi connectivity index (χ0n) is 12.3. The predicted molar refractivity (Wildman–Crippen MR) is 82.6 cm³/mol. The average molecular weight is 336 g/mol. The molecule has 0 unspecified atom stereocenters. The maximum atomic E-state index is 13.4. The van der Waals surface area contributed by atoms with Gasteiger partial charge in [0.15, 0.2) is 0 Å². The van der Waals surface area contributed by atoms with E-state index < -0.39 is 28.0 Å². The number of rotatable bonds is 4. The Morgan fingerprint density at radius 1 is 1.26 bits per heavy atom. The summed E-state index contributed by atoms with van der Waals surface area (Å²) in [6, 6.07) is 7.95. The van der Waals surface area contributed by atoms with Gasteiger partial charge in [-0.2, -0.15) is 4.31 Å². The largest absolute Gasteiger partial charge is 0.391 e. The Kier molecular flexibility index (Phi) is 4.43. The molecule has 1 aliphatic heterocycles. The van der Waals surface area contributed by atoms with Crippen LogP contribution in [0, 0.1) is 5.82 Å². The van der Waals surface area contributed by atoms with E-state index in [4.69, 9.17) is 0 Å². The van der Waals surface area contributed by atoms with Crippen molar-refractivity contribution in [3.63, 3.8) is 0 Å². The summed E-state index contributed by atoms with van der Waals surface area (Å²) in [4.78, 5) is 3.84. The van der Waals surface area contributed by atoms with Crippen LogP contribution in [0.2, 0.25) is 0 Å². The van der Waals surface area contributed by atoms with E-state index in [1.54, 1.807) is 24.5 Å². The molecule has 0 bridgehead atoms. The van der Waals surface area contributed by atoms with Crippen LogP contribution in [0.15, 0.2) is 53.7 Å². The van der Waals surface area contributed by atoms with Gasteiger partial charge in [0.05, 0.1) is 17.0 Å². The van der Waals surface area contributed by atoms with E-state index in [1.165, 1.54) is 22.5 Å². The monoisotopic (exact) mass is 336 g/mol. The maximum Gasteiger partial charge on any atom is 0.243 e. The maximum absolute atomic E-state index is 13.4. The average Bonchev–Trinajstić information content (AvgIpc) is 2.90. The molecule has 7 heteroatoms. The van der Waals surface area contributed by atoms with Gasteiger partial charge in [0.25, 0.3) is 0 Å². The van der Waals surface area contributed by atoms with Crippen LogP contribution in [0.5, 0.6) is 0 Å². The number of aromatic nitrogens is 1. The molecular weight excluding hydrogens is 319 g/mol. The Labute approximate surface area is 134 Å². The standard InChI is InChI=1S/C16H17FN2O3S/c17-13-2-1-3-14(11-13)23(21,22)19-9-6-16(20)15(19)10-12-4-7-18-8-5-12/h1-5,7-8,11,15-16,20H,6,9-10H2/t15-,16-/m1/s1. The number of aliphatic hydroxyl groups is 1. The first-order valence-corrected chi connectivity index (χ1v) is 8.77. The fourth-order valence-corrected chi connectivity index (χ4v) is 4.57. The number of pyridine rings is 1. The van der Waals surface area contributed by atoms with Gasteiger partial charge in [-0.15, -0.1) is 0 Å². The van der Waals surface area contributed by atoms with Gasteiger partial charge in [-0.25, -0.2) is 12.8 Å². The van der Waals surface area contributed by atoms with Crippen LogP contribution < -0.4 is 0 Å². The first-order chi connectivity index (χ1) is 11.0. The quantitative estimate of drug-likeness (QED) is 0.920. The molecule has 2 atom stereocenters. The van der Waals surface area contributed by atoms with Gasteiger partial charge in [0.1, 0.15) is 5.82 Å². The van der Waals surface area contributed by atoms with Crippen molar-refractivity contribution in [2.24, 2.45) is 0 Å². The number of benzene rings is 1. The molecule has 1 fully saturated rings. The summed E-state index contributed by atoms with van der Waals surface area (Å²) >= 11 is 0. The molecule has 0 aliphatic carbocycles. The zero-order valence-corrected chi connectivity index (χ0v) is 13.2. The number of sulfonamides is 1. The molecule has 1 saturated heterocycles.